The van der Waals surface area contributed by atoms with Crippen LogP contribution >= 0.6 is 11.3 Å². The molecule has 5 rings (SSSR count). The summed E-state index contributed by atoms with van der Waals surface area (Å²) in [4.78, 5) is 3.90. The van der Waals surface area contributed by atoms with Crippen molar-refractivity contribution in [2.45, 2.75) is 23.8 Å². The van der Waals surface area contributed by atoms with Crippen LogP contribution in [0, 0.1) is 0 Å². The second kappa shape index (κ2) is 8.35. The van der Waals surface area contributed by atoms with Gasteiger partial charge < -0.3 is 14.8 Å². The molecule has 5 nitrogen and oxygen atoms in total. The van der Waals surface area contributed by atoms with Crippen LogP contribution in [0.25, 0.3) is 22.0 Å². The lowest BCUT2D eigenvalue weighted by Crippen LogP contribution is -2.36. The molecule has 1 aliphatic rings. The van der Waals surface area contributed by atoms with Gasteiger partial charge in [0.1, 0.15) is 16.7 Å². The van der Waals surface area contributed by atoms with Crippen LogP contribution in [-0.2, 0) is 23.8 Å². The number of para-hydroxylation sites is 1. The molecule has 2 aromatic carbocycles. The van der Waals surface area contributed by atoms with E-state index < -0.39 is 11.0 Å². The number of fused-ring (bicyclic) bond motifs is 2. The van der Waals surface area contributed by atoms with E-state index in [1.165, 1.54) is 0 Å². The van der Waals surface area contributed by atoms with E-state index in [4.69, 9.17) is 4.74 Å². The third kappa shape index (κ3) is 3.70. The fourth-order valence-corrected chi connectivity index (χ4v) is 5.77. The van der Waals surface area contributed by atoms with Gasteiger partial charge >= 0.3 is 0 Å². The Balaban J connectivity index is 1.41. The molecule has 0 saturated carbocycles. The first-order valence-corrected chi connectivity index (χ1v) is 12.0. The van der Waals surface area contributed by atoms with E-state index in [0.717, 1.165) is 39.6 Å². The molecule has 1 unspecified atom stereocenters. The van der Waals surface area contributed by atoms with Crippen LogP contribution in [0.4, 0.5) is 0 Å². The molecule has 0 spiro atoms. The zero-order chi connectivity index (χ0) is 20.5. The highest BCUT2D eigenvalue weighted by molar-refractivity contribution is 7.83. The van der Waals surface area contributed by atoms with Gasteiger partial charge in [-0.3, -0.25) is 0 Å². The number of benzene rings is 2. The third-order valence-electron chi connectivity index (χ3n) is 5.44. The average Bonchev–Trinajstić information content (AvgIpc) is 3.53. The monoisotopic (exact) mass is 438 g/mol. The van der Waals surface area contributed by atoms with Crippen LogP contribution in [0.1, 0.15) is 11.1 Å². The summed E-state index contributed by atoms with van der Waals surface area (Å²) in [5, 5.41) is 15.2. The molecule has 7 heteroatoms. The van der Waals surface area contributed by atoms with E-state index in [0.29, 0.717) is 23.7 Å². The van der Waals surface area contributed by atoms with E-state index >= 15 is 0 Å². The lowest BCUT2D eigenvalue weighted by atomic mass is 10.0. The minimum absolute atomic E-state index is 0.113. The van der Waals surface area contributed by atoms with Crippen LogP contribution in [0.3, 0.4) is 0 Å². The van der Waals surface area contributed by atoms with E-state index in [-0.39, 0.29) is 12.6 Å². The summed E-state index contributed by atoms with van der Waals surface area (Å²) < 4.78 is 22.2. The van der Waals surface area contributed by atoms with Gasteiger partial charge in [-0.2, -0.15) is 11.3 Å². The van der Waals surface area contributed by atoms with Gasteiger partial charge in [0.2, 0.25) is 0 Å². The Morgan fingerprint density at radius 1 is 1.23 bits per heavy atom. The Morgan fingerprint density at radius 3 is 2.97 bits per heavy atom. The lowest BCUT2D eigenvalue weighted by molar-refractivity contribution is 0.257. The van der Waals surface area contributed by atoms with Crippen molar-refractivity contribution in [2.24, 2.45) is 0 Å². The van der Waals surface area contributed by atoms with Gasteiger partial charge in [0.25, 0.3) is 0 Å². The van der Waals surface area contributed by atoms with Gasteiger partial charge in [-0.1, -0.05) is 18.2 Å². The van der Waals surface area contributed by atoms with Gasteiger partial charge in [-0.05, 0) is 63.7 Å². The van der Waals surface area contributed by atoms with Crippen molar-refractivity contribution in [1.82, 2.24) is 9.71 Å². The molecule has 154 valence electrons. The average molecular weight is 439 g/mol. The SMILES string of the molecule is O=S(N[C@@H](CO)Cc1c[nH]c2ccccc12)c1cc(-c2ccsc2)cc2c1OCC2. The van der Waals surface area contributed by atoms with E-state index in [2.05, 4.69) is 33.3 Å². The Labute approximate surface area is 181 Å². The highest BCUT2D eigenvalue weighted by Crippen LogP contribution is 2.37. The highest BCUT2D eigenvalue weighted by atomic mass is 32.2. The second-order valence-electron chi connectivity index (χ2n) is 7.40. The molecule has 3 heterocycles. The summed E-state index contributed by atoms with van der Waals surface area (Å²) in [5.74, 6) is 0.712. The van der Waals surface area contributed by atoms with Gasteiger partial charge in [-0.15, -0.1) is 0 Å². The largest absolute Gasteiger partial charge is 0.492 e. The second-order valence-corrected chi connectivity index (χ2v) is 9.40. The van der Waals surface area contributed by atoms with Gasteiger partial charge in [0, 0.05) is 29.6 Å². The summed E-state index contributed by atoms with van der Waals surface area (Å²) in [7, 11) is -1.50. The Hall–Kier alpha value is -2.45. The molecular formula is C23H22N2O3S2. The van der Waals surface area contributed by atoms with Crippen molar-refractivity contribution in [2.75, 3.05) is 13.2 Å². The molecule has 0 bridgehead atoms. The Morgan fingerprint density at radius 2 is 2.13 bits per heavy atom. The maximum Gasteiger partial charge on any atom is 0.140 e. The maximum atomic E-state index is 13.3. The van der Waals surface area contributed by atoms with Crippen molar-refractivity contribution in [3.05, 3.63) is 70.5 Å². The number of rotatable bonds is 7. The van der Waals surface area contributed by atoms with Crippen molar-refractivity contribution in [1.29, 1.82) is 0 Å². The summed E-state index contributed by atoms with van der Waals surface area (Å²) in [6, 6.07) is 13.8. The van der Waals surface area contributed by atoms with Gasteiger partial charge in [0.15, 0.2) is 0 Å². The van der Waals surface area contributed by atoms with Crippen molar-refractivity contribution >= 4 is 33.2 Å². The van der Waals surface area contributed by atoms with E-state index in [1.807, 2.05) is 35.8 Å². The fourth-order valence-electron chi connectivity index (χ4n) is 3.93. The molecule has 0 amide bonds. The highest BCUT2D eigenvalue weighted by Gasteiger charge is 2.24. The zero-order valence-corrected chi connectivity index (χ0v) is 17.9. The normalized spacial score (nSPS) is 15.1. The number of aromatic amines is 1. The predicted molar refractivity (Wildman–Crippen MR) is 121 cm³/mol. The molecule has 30 heavy (non-hydrogen) atoms. The third-order valence-corrected chi connectivity index (χ3v) is 7.37. The quantitative estimate of drug-likeness (QED) is 0.408. The smallest absolute Gasteiger partial charge is 0.140 e. The number of aliphatic hydroxyl groups is 1. The van der Waals surface area contributed by atoms with Crippen LogP contribution in [0.15, 0.2) is 64.3 Å². The topological polar surface area (TPSA) is 74.4 Å². The lowest BCUT2D eigenvalue weighted by Gasteiger charge is -2.17. The number of hydrogen-bond acceptors (Lipinski definition) is 4. The molecule has 0 saturated heterocycles. The summed E-state index contributed by atoms with van der Waals surface area (Å²) in [5.41, 5.74) is 5.39. The number of aliphatic hydroxyl groups excluding tert-OH is 1. The Kier molecular flexibility index (Phi) is 5.43. The Bertz CT molecular complexity index is 1200. The minimum atomic E-state index is -1.50. The molecular weight excluding hydrogens is 416 g/mol. The standard InChI is InChI=1S/C23H22N2O3S2/c26-13-19(10-18-12-24-21-4-2-1-3-20(18)21)25-30(27)22-11-17(16-6-8-29-14-16)9-15-5-7-28-23(15)22/h1-4,6,8-9,11-12,14,19,24-26H,5,7,10,13H2/t19-,30?/m1/s1. The molecule has 0 radical (unpaired) electrons. The van der Waals surface area contributed by atoms with Crippen LogP contribution in [0.2, 0.25) is 0 Å². The molecule has 2 aromatic heterocycles. The molecule has 4 aromatic rings. The number of aromatic nitrogens is 1. The van der Waals surface area contributed by atoms with E-state index in [9.17, 15) is 9.32 Å². The first-order chi connectivity index (χ1) is 14.7. The number of nitrogens with one attached hydrogen (secondary N) is 2. The van der Waals surface area contributed by atoms with Gasteiger partial charge in [-0.25, -0.2) is 8.93 Å². The first-order valence-electron chi connectivity index (χ1n) is 9.89. The van der Waals surface area contributed by atoms with Gasteiger partial charge in [0.05, 0.1) is 18.1 Å². The van der Waals surface area contributed by atoms with Crippen molar-refractivity contribution in [3.63, 3.8) is 0 Å². The minimum Gasteiger partial charge on any atom is -0.492 e. The summed E-state index contributed by atoms with van der Waals surface area (Å²) >= 11 is 1.64. The molecule has 3 N–H and O–H groups in total. The van der Waals surface area contributed by atoms with E-state index in [1.54, 1.807) is 11.3 Å². The van der Waals surface area contributed by atoms with Crippen molar-refractivity contribution in [3.8, 4) is 16.9 Å². The molecule has 0 aliphatic carbocycles. The fraction of sp³-hybridized carbons (Fsp3) is 0.217. The molecule has 0 fully saturated rings. The number of ether oxygens (including phenoxy) is 1. The molecule has 2 atom stereocenters. The van der Waals surface area contributed by atoms with Crippen molar-refractivity contribution < 1.29 is 14.1 Å². The number of H-pyrrole nitrogens is 1. The predicted octanol–water partition coefficient (Wildman–Crippen LogP) is 4.05. The summed E-state index contributed by atoms with van der Waals surface area (Å²) in [6.45, 7) is 0.490. The molecule has 1 aliphatic heterocycles. The number of thiophene rings is 1. The maximum absolute atomic E-state index is 13.3. The number of hydrogen-bond donors (Lipinski definition) is 3. The zero-order valence-electron chi connectivity index (χ0n) is 16.3. The van der Waals surface area contributed by atoms with Crippen LogP contribution < -0.4 is 9.46 Å². The summed E-state index contributed by atoms with van der Waals surface area (Å²) in [6.07, 6.45) is 3.34. The van der Waals surface area contributed by atoms with Crippen LogP contribution in [-0.4, -0.2) is 33.6 Å². The first kappa shape index (κ1) is 19.5. The van der Waals surface area contributed by atoms with Crippen LogP contribution in [0.5, 0.6) is 5.75 Å².